The fourth-order valence-corrected chi connectivity index (χ4v) is 5.75. The van der Waals surface area contributed by atoms with Gasteiger partial charge in [0.15, 0.2) is 5.78 Å². The van der Waals surface area contributed by atoms with Crippen molar-refractivity contribution in [1.82, 2.24) is 0 Å². The van der Waals surface area contributed by atoms with Gasteiger partial charge in [-0.05, 0) is 54.2 Å². The van der Waals surface area contributed by atoms with Crippen LogP contribution in [0.25, 0.3) is 0 Å². The number of nitrogens with zero attached hydrogens (tertiary/aromatic N) is 2. The van der Waals surface area contributed by atoms with E-state index >= 15 is 0 Å². The number of hydrogen-bond acceptors (Lipinski definition) is 6. The second-order valence-electron chi connectivity index (χ2n) is 10.3. The number of amides is 1. The van der Waals surface area contributed by atoms with Gasteiger partial charge in [-0.15, -0.1) is 0 Å². The molecule has 40 heavy (non-hydrogen) atoms. The van der Waals surface area contributed by atoms with Crippen molar-refractivity contribution in [2.45, 2.75) is 57.4 Å². The van der Waals surface area contributed by atoms with Crippen molar-refractivity contribution in [3.63, 3.8) is 0 Å². The van der Waals surface area contributed by atoms with Gasteiger partial charge in [0.2, 0.25) is 5.91 Å². The lowest BCUT2D eigenvalue weighted by Crippen LogP contribution is -2.38. The second-order valence-corrected chi connectivity index (χ2v) is 10.3. The minimum absolute atomic E-state index is 0.0608. The fourth-order valence-electron chi connectivity index (χ4n) is 5.75. The number of nitro benzene ring substituents is 1. The smallest absolute Gasteiger partial charge is 0.269 e. The Bertz CT molecular complexity index is 1460. The molecule has 5 rings (SSSR count). The summed E-state index contributed by atoms with van der Waals surface area (Å²) >= 11 is 0. The number of nitrogens with one attached hydrogen (secondary N) is 1. The number of non-ortho nitro benzene ring substituents is 1. The average molecular weight is 540 g/mol. The van der Waals surface area contributed by atoms with Crippen molar-refractivity contribution in [1.29, 1.82) is 0 Å². The normalized spacial score (nSPS) is 18.4. The Morgan fingerprint density at radius 1 is 1.02 bits per heavy atom. The summed E-state index contributed by atoms with van der Waals surface area (Å²) in [6.45, 7) is 2.08. The molecule has 8 heteroatoms. The Hall–Kier alpha value is -4.46. The van der Waals surface area contributed by atoms with Gasteiger partial charge in [0.1, 0.15) is 5.75 Å². The van der Waals surface area contributed by atoms with Crippen LogP contribution in [0.15, 0.2) is 84.1 Å². The third-order valence-corrected chi connectivity index (χ3v) is 7.74. The van der Waals surface area contributed by atoms with Crippen molar-refractivity contribution in [2.75, 3.05) is 17.3 Å². The lowest BCUT2D eigenvalue weighted by atomic mass is 9.78. The van der Waals surface area contributed by atoms with Crippen LogP contribution in [0.5, 0.6) is 5.75 Å². The molecule has 0 bridgehead atoms. The highest BCUT2D eigenvalue weighted by molar-refractivity contribution is 6.06. The van der Waals surface area contributed by atoms with Crippen LogP contribution < -0.4 is 15.0 Å². The highest BCUT2D eigenvalue weighted by atomic mass is 16.6. The SMILES string of the molecule is CCCCCC(=O)N1c2ccccc2NC2=C(C(=O)C[C@H](c3ccc(OC)cc3)C2)[C@H]1c1cccc([N+](=O)[O-])c1. The van der Waals surface area contributed by atoms with Gasteiger partial charge in [0, 0.05) is 36.2 Å². The van der Waals surface area contributed by atoms with E-state index in [0.717, 1.165) is 42.0 Å². The van der Waals surface area contributed by atoms with Crippen LogP contribution in [0.2, 0.25) is 0 Å². The quantitative estimate of drug-likeness (QED) is 0.186. The number of unbranched alkanes of at least 4 members (excludes halogenated alkanes) is 2. The first-order valence-corrected chi connectivity index (χ1v) is 13.7. The fraction of sp³-hybridized carbons (Fsp3) is 0.312. The maximum absolute atomic E-state index is 14.1. The van der Waals surface area contributed by atoms with Crippen LogP contribution in [0.1, 0.15) is 68.5 Å². The summed E-state index contributed by atoms with van der Waals surface area (Å²) in [4.78, 5) is 41.0. The molecule has 0 unspecified atom stereocenters. The zero-order valence-corrected chi connectivity index (χ0v) is 22.8. The molecular formula is C32H33N3O5. The third kappa shape index (κ3) is 5.34. The molecule has 1 heterocycles. The van der Waals surface area contributed by atoms with E-state index in [9.17, 15) is 19.7 Å². The van der Waals surface area contributed by atoms with E-state index in [0.29, 0.717) is 29.7 Å². The number of nitro groups is 1. The Morgan fingerprint density at radius 3 is 2.52 bits per heavy atom. The van der Waals surface area contributed by atoms with Crippen LogP contribution in [0.4, 0.5) is 17.1 Å². The van der Waals surface area contributed by atoms with E-state index < -0.39 is 11.0 Å². The number of methoxy groups -OCH3 is 1. The molecule has 206 valence electrons. The molecule has 1 aliphatic carbocycles. The van der Waals surface area contributed by atoms with Crippen LogP contribution in [-0.4, -0.2) is 23.7 Å². The van der Waals surface area contributed by atoms with Gasteiger partial charge < -0.3 is 10.1 Å². The van der Waals surface area contributed by atoms with Crippen molar-refractivity contribution in [2.24, 2.45) is 0 Å². The molecule has 0 saturated carbocycles. The van der Waals surface area contributed by atoms with E-state index in [1.165, 1.54) is 12.1 Å². The summed E-state index contributed by atoms with van der Waals surface area (Å²) in [6, 6.07) is 20.8. The van der Waals surface area contributed by atoms with Crippen LogP contribution in [0, 0.1) is 10.1 Å². The Labute approximate surface area is 233 Å². The summed E-state index contributed by atoms with van der Waals surface area (Å²) < 4.78 is 5.30. The van der Waals surface area contributed by atoms with Gasteiger partial charge >= 0.3 is 0 Å². The number of fused-ring (bicyclic) bond motifs is 1. The van der Waals surface area contributed by atoms with E-state index in [4.69, 9.17) is 4.74 Å². The molecule has 1 amide bonds. The number of carbonyl (C=O) groups excluding carboxylic acids is 2. The van der Waals surface area contributed by atoms with Crippen molar-refractivity contribution >= 4 is 28.8 Å². The molecule has 0 fully saturated rings. The topological polar surface area (TPSA) is 102 Å². The predicted molar refractivity (Wildman–Crippen MR) is 155 cm³/mol. The molecule has 3 aromatic carbocycles. The van der Waals surface area contributed by atoms with Gasteiger partial charge in [0.05, 0.1) is 29.4 Å². The molecule has 0 spiro atoms. The first-order chi connectivity index (χ1) is 19.4. The number of hydrogen-bond donors (Lipinski definition) is 1. The monoisotopic (exact) mass is 539 g/mol. The van der Waals surface area contributed by atoms with E-state index in [1.54, 1.807) is 24.1 Å². The van der Waals surface area contributed by atoms with Crippen molar-refractivity contribution in [3.8, 4) is 5.75 Å². The van der Waals surface area contributed by atoms with Crippen molar-refractivity contribution < 1.29 is 19.2 Å². The molecule has 2 aliphatic rings. The van der Waals surface area contributed by atoms with Gasteiger partial charge in [-0.3, -0.25) is 24.6 Å². The maximum Gasteiger partial charge on any atom is 0.269 e. The van der Waals surface area contributed by atoms with E-state index in [2.05, 4.69) is 12.2 Å². The molecule has 8 nitrogen and oxygen atoms in total. The van der Waals surface area contributed by atoms with Gasteiger partial charge in [-0.2, -0.15) is 0 Å². The molecule has 0 aromatic heterocycles. The Kier molecular flexibility index (Phi) is 7.96. The number of allylic oxidation sites excluding steroid dienone is 1. The Balaban J connectivity index is 1.66. The molecule has 1 aliphatic heterocycles. The Morgan fingerprint density at radius 2 is 1.80 bits per heavy atom. The average Bonchev–Trinajstić information content (AvgIpc) is 3.12. The van der Waals surface area contributed by atoms with Gasteiger partial charge in [0.25, 0.3) is 5.69 Å². The second kappa shape index (κ2) is 11.7. The maximum atomic E-state index is 14.1. The third-order valence-electron chi connectivity index (χ3n) is 7.74. The number of ketones is 1. The summed E-state index contributed by atoms with van der Waals surface area (Å²) in [7, 11) is 1.62. The molecule has 3 aromatic rings. The van der Waals surface area contributed by atoms with Crippen molar-refractivity contribution in [3.05, 3.63) is 105 Å². The largest absolute Gasteiger partial charge is 0.497 e. The predicted octanol–water partition coefficient (Wildman–Crippen LogP) is 7.08. The van der Waals surface area contributed by atoms with E-state index in [-0.39, 0.29) is 29.7 Å². The number of ether oxygens (including phenoxy) is 1. The zero-order chi connectivity index (χ0) is 28.2. The number of Topliss-reactive ketones (excluding diaryl/α,β-unsaturated/α-hetero) is 1. The summed E-state index contributed by atoms with van der Waals surface area (Å²) in [5, 5.41) is 15.2. The lowest BCUT2D eigenvalue weighted by Gasteiger charge is -2.35. The molecule has 0 radical (unpaired) electrons. The summed E-state index contributed by atoms with van der Waals surface area (Å²) in [5.74, 6) is 0.493. The van der Waals surface area contributed by atoms with Gasteiger partial charge in [-0.25, -0.2) is 0 Å². The highest BCUT2D eigenvalue weighted by Gasteiger charge is 2.41. The molecular weight excluding hydrogens is 506 g/mol. The van der Waals surface area contributed by atoms with Crippen LogP contribution in [-0.2, 0) is 9.59 Å². The lowest BCUT2D eigenvalue weighted by molar-refractivity contribution is -0.384. The summed E-state index contributed by atoms with van der Waals surface area (Å²) in [6.07, 6.45) is 3.76. The van der Waals surface area contributed by atoms with E-state index in [1.807, 2.05) is 48.5 Å². The number of carbonyl (C=O) groups is 2. The van der Waals surface area contributed by atoms with Crippen LogP contribution >= 0.6 is 0 Å². The first-order valence-electron chi connectivity index (χ1n) is 13.7. The molecule has 1 N–H and O–H groups in total. The number of benzene rings is 3. The van der Waals surface area contributed by atoms with Crippen LogP contribution in [0.3, 0.4) is 0 Å². The minimum atomic E-state index is -0.788. The number of anilines is 2. The zero-order valence-electron chi connectivity index (χ0n) is 22.8. The first kappa shape index (κ1) is 27.1. The van der Waals surface area contributed by atoms with Gasteiger partial charge in [-0.1, -0.05) is 56.2 Å². The molecule has 0 saturated heterocycles. The number of rotatable bonds is 8. The summed E-state index contributed by atoms with van der Waals surface area (Å²) in [5.41, 5.74) is 4.11. The minimum Gasteiger partial charge on any atom is -0.497 e. The number of para-hydroxylation sites is 2. The molecule has 2 atom stereocenters. The highest BCUT2D eigenvalue weighted by Crippen LogP contribution is 2.48. The standard InChI is InChI=1S/C32H33N3O5/c1-3-4-5-13-30(37)34-28-12-7-6-11-26(28)33-27-19-23(21-14-16-25(40-2)17-15-21)20-29(36)31(27)32(34)22-9-8-10-24(18-22)35(38)39/h6-12,14-18,23,32-33H,3-5,13,19-20H2,1-2H3/t23-,32-/m1/s1.